The van der Waals surface area contributed by atoms with Crippen LogP contribution in [0.3, 0.4) is 0 Å². The highest BCUT2D eigenvalue weighted by Crippen LogP contribution is 2.00. The fourth-order valence-corrected chi connectivity index (χ4v) is 1.59. The van der Waals surface area contributed by atoms with Gasteiger partial charge in [0, 0.05) is 19.8 Å². The van der Waals surface area contributed by atoms with Crippen LogP contribution in [0.2, 0.25) is 0 Å². The van der Waals surface area contributed by atoms with Gasteiger partial charge in [-0.2, -0.15) is 0 Å². The van der Waals surface area contributed by atoms with Crippen molar-refractivity contribution in [2.24, 2.45) is 7.05 Å². The van der Waals surface area contributed by atoms with Crippen molar-refractivity contribution >= 4 is 0 Å². The summed E-state index contributed by atoms with van der Waals surface area (Å²) in [6.07, 6.45) is 6.71. The van der Waals surface area contributed by atoms with Crippen LogP contribution in [-0.2, 0) is 20.1 Å². The zero-order valence-electron chi connectivity index (χ0n) is 10.3. The number of hydrogen-bond acceptors (Lipinski definition) is 4. The number of rotatable bonds is 6. The highest BCUT2D eigenvalue weighted by atomic mass is 15.3. The third-order valence-electron chi connectivity index (χ3n) is 2.55. The maximum absolute atomic E-state index is 4.34. The maximum Gasteiger partial charge on any atom is 0.152 e. The first-order valence-corrected chi connectivity index (χ1v) is 5.84. The van der Waals surface area contributed by atoms with Gasteiger partial charge in [0.25, 0.3) is 0 Å². The minimum Gasteiger partial charge on any atom is -0.329 e. The SMILES string of the molecule is CCCNCc1cn(Cc2nncn2C)cn1. The van der Waals surface area contributed by atoms with Crippen molar-refractivity contribution in [2.75, 3.05) is 6.54 Å². The van der Waals surface area contributed by atoms with E-state index in [1.54, 1.807) is 6.33 Å². The first-order chi connectivity index (χ1) is 8.29. The summed E-state index contributed by atoms with van der Waals surface area (Å²) >= 11 is 0. The molecule has 2 aromatic heterocycles. The summed E-state index contributed by atoms with van der Waals surface area (Å²) in [5, 5.41) is 11.2. The Kier molecular flexibility index (Phi) is 3.87. The predicted octanol–water partition coefficient (Wildman–Crippen LogP) is 0.559. The fraction of sp³-hybridized carbons (Fsp3) is 0.545. The van der Waals surface area contributed by atoms with E-state index in [1.807, 2.05) is 28.7 Å². The average Bonchev–Trinajstić information content (AvgIpc) is 2.91. The van der Waals surface area contributed by atoms with Crippen molar-refractivity contribution in [2.45, 2.75) is 26.4 Å². The molecule has 0 aliphatic rings. The van der Waals surface area contributed by atoms with Crippen molar-refractivity contribution in [1.82, 2.24) is 29.6 Å². The molecule has 6 nitrogen and oxygen atoms in total. The molecule has 2 heterocycles. The summed E-state index contributed by atoms with van der Waals surface area (Å²) < 4.78 is 3.93. The summed E-state index contributed by atoms with van der Waals surface area (Å²) in [5.74, 6) is 0.926. The Hall–Kier alpha value is -1.69. The van der Waals surface area contributed by atoms with E-state index in [9.17, 15) is 0 Å². The molecule has 1 N–H and O–H groups in total. The van der Waals surface area contributed by atoms with Crippen LogP contribution < -0.4 is 5.32 Å². The molecule has 0 aliphatic heterocycles. The normalized spacial score (nSPS) is 10.9. The Balaban J connectivity index is 1.92. The van der Waals surface area contributed by atoms with E-state index in [4.69, 9.17) is 0 Å². The van der Waals surface area contributed by atoms with E-state index in [0.29, 0.717) is 6.54 Å². The second-order valence-electron chi connectivity index (χ2n) is 4.07. The van der Waals surface area contributed by atoms with Gasteiger partial charge in [0.05, 0.1) is 18.6 Å². The van der Waals surface area contributed by atoms with Gasteiger partial charge in [0.2, 0.25) is 0 Å². The third kappa shape index (κ3) is 3.13. The van der Waals surface area contributed by atoms with Crippen LogP contribution in [0.4, 0.5) is 0 Å². The summed E-state index contributed by atoms with van der Waals surface area (Å²) in [4.78, 5) is 4.34. The lowest BCUT2D eigenvalue weighted by Crippen LogP contribution is -2.13. The molecule has 17 heavy (non-hydrogen) atoms. The van der Waals surface area contributed by atoms with Gasteiger partial charge in [-0.05, 0) is 13.0 Å². The lowest BCUT2D eigenvalue weighted by Gasteiger charge is -2.01. The van der Waals surface area contributed by atoms with Gasteiger partial charge in [-0.25, -0.2) is 4.98 Å². The predicted molar refractivity (Wildman–Crippen MR) is 64.3 cm³/mol. The van der Waals surface area contributed by atoms with Crippen LogP contribution in [0.25, 0.3) is 0 Å². The zero-order valence-corrected chi connectivity index (χ0v) is 10.3. The maximum atomic E-state index is 4.34. The topological polar surface area (TPSA) is 60.6 Å². The number of imidazole rings is 1. The molecule has 0 saturated carbocycles. The Labute approximate surface area is 101 Å². The molecule has 2 aromatic rings. The van der Waals surface area contributed by atoms with Gasteiger partial charge < -0.3 is 14.5 Å². The van der Waals surface area contributed by atoms with Crippen molar-refractivity contribution in [3.63, 3.8) is 0 Å². The molecule has 0 aliphatic carbocycles. The molecule has 92 valence electrons. The van der Waals surface area contributed by atoms with Gasteiger partial charge in [-0.3, -0.25) is 0 Å². The quantitative estimate of drug-likeness (QED) is 0.742. The molecule has 0 saturated heterocycles. The fourth-order valence-electron chi connectivity index (χ4n) is 1.59. The Morgan fingerprint density at radius 1 is 1.35 bits per heavy atom. The molecule has 0 fully saturated rings. The van der Waals surface area contributed by atoms with Crippen LogP contribution in [0.1, 0.15) is 24.9 Å². The van der Waals surface area contributed by atoms with E-state index in [1.165, 1.54) is 0 Å². The van der Waals surface area contributed by atoms with E-state index >= 15 is 0 Å². The Bertz CT molecular complexity index is 458. The molecule has 2 rings (SSSR count). The van der Waals surface area contributed by atoms with Gasteiger partial charge in [0.15, 0.2) is 5.82 Å². The number of aryl methyl sites for hydroxylation is 1. The molecule has 0 amide bonds. The Morgan fingerprint density at radius 2 is 2.24 bits per heavy atom. The zero-order chi connectivity index (χ0) is 12.1. The average molecular weight is 234 g/mol. The van der Waals surface area contributed by atoms with Crippen LogP contribution in [-0.4, -0.2) is 30.9 Å². The number of hydrogen-bond donors (Lipinski definition) is 1. The summed E-state index contributed by atoms with van der Waals surface area (Å²) in [5.41, 5.74) is 1.06. The summed E-state index contributed by atoms with van der Waals surface area (Å²) in [7, 11) is 1.94. The van der Waals surface area contributed by atoms with Gasteiger partial charge in [0.1, 0.15) is 6.33 Å². The molecule has 0 spiro atoms. The van der Waals surface area contributed by atoms with Crippen molar-refractivity contribution in [3.8, 4) is 0 Å². The van der Waals surface area contributed by atoms with Crippen molar-refractivity contribution in [3.05, 3.63) is 30.4 Å². The lowest BCUT2D eigenvalue weighted by atomic mass is 10.4. The molecule has 0 bridgehead atoms. The molecular formula is C11H18N6. The minimum atomic E-state index is 0.706. The smallest absolute Gasteiger partial charge is 0.152 e. The second-order valence-corrected chi connectivity index (χ2v) is 4.07. The number of nitrogens with one attached hydrogen (secondary N) is 1. The molecule has 6 heteroatoms. The van der Waals surface area contributed by atoms with Crippen LogP contribution in [0, 0.1) is 0 Å². The van der Waals surface area contributed by atoms with Gasteiger partial charge >= 0.3 is 0 Å². The van der Waals surface area contributed by atoms with E-state index in [0.717, 1.165) is 31.0 Å². The molecule has 0 radical (unpaired) electrons. The first kappa shape index (κ1) is 11.8. The third-order valence-corrected chi connectivity index (χ3v) is 2.55. The van der Waals surface area contributed by atoms with Crippen molar-refractivity contribution < 1.29 is 0 Å². The van der Waals surface area contributed by atoms with E-state index < -0.39 is 0 Å². The van der Waals surface area contributed by atoms with Crippen LogP contribution in [0.5, 0.6) is 0 Å². The monoisotopic (exact) mass is 234 g/mol. The van der Waals surface area contributed by atoms with Gasteiger partial charge in [-0.1, -0.05) is 6.92 Å². The van der Waals surface area contributed by atoms with E-state index in [-0.39, 0.29) is 0 Å². The first-order valence-electron chi connectivity index (χ1n) is 5.84. The molecule has 0 atom stereocenters. The lowest BCUT2D eigenvalue weighted by molar-refractivity contribution is 0.663. The van der Waals surface area contributed by atoms with Crippen LogP contribution >= 0.6 is 0 Å². The van der Waals surface area contributed by atoms with Crippen LogP contribution in [0.15, 0.2) is 18.9 Å². The Morgan fingerprint density at radius 3 is 2.94 bits per heavy atom. The largest absolute Gasteiger partial charge is 0.329 e. The second kappa shape index (κ2) is 5.58. The van der Waals surface area contributed by atoms with Gasteiger partial charge in [-0.15, -0.1) is 10.2 Å². The summed E-state index contributed by atoms with van der Waals surface area (Å²) in [6.45, 7) is 4.70. The molecule has 0 unspecified atom stereocenters. The molecule has 0 aromatic carbocycles. The van der Waals surface area contributed by atoms with E-state index in [2.05, 4.69) is 27.4 Å². The highest BCUT2D eigenvalue weighted by molar-refractivity contribution is 4.98. The number of aromatic nitrogens is 5. The minimum absolute atomic E-state index is 0.706. The van der Waals surface area contributed by atoms with Crippen molar-refractivity contribution in [1.29, 1.82) is 0 Å². The highest BCUT2D eigenvalue weighted by Gasteiger charge is 2.03. The number of nitrogens with zero attached hydrogens (tertiary/aromatic N) is 5. The molecular weight excluding hydrogens is 216 g/mol. The summed E-state index contributed by atoms with van der Waals surface area (Å²) in [6, 6.07) is 0. The standard InChI is InChI=1S/C11H18N6/c1-3-4-12-5-10-6-17(8-13-10)7-11-15-14-9-16(11)2/h6,8-9,12H,3-5,7H2,1-2H3.